The molecule has 0 radical (unpaired) electrons. The summed E-state index contributed by atoms with van der Waals surface area (Å²) in [5, 5.41) is 16.3. The number of benzene rings is 3. The number of imide groups is 1. The minimum Gasteiger partial charge on any atom is -0.482 e. The third-order valence-corrected chi connectivity index (χ3v) is 13.4. The van der Waals surface area contributed by atoms with Crippen LogP contribution in [0.2, 0.25) is 10.0 Å². The second-order valence-electron chi connectivity index (χ2n) is 17.6. The van der Waals surface area contributed by atoms with Crippen LogP contribution in [0, 0.1) is 5.82 Å². The van der Waals surface area contributed by atoms with Gasteiger partial charge in [0.15, 0.2) is 17.3 Å². The number of rotatable bonds is 18. The molecule has 7 rings (SSSR count). The Bertz CT molecular complexity index is 2550. The van der Waals surface area contributed by atoms with Gasteiger partial charge in [-0.1, -0.05) is 61.4 Å². The number of aromatic nitrogens is 2. The number of nitrogens with one attached hydrogen (secondary N) is 3. The molecule has 6 amide bonds. The maximum absolute atomic E-state index is 14.1. The van der Waals surface area contributed by atoms with Gasteiger partial charge in [-0.15, -0.1) is 10.2 Å². The highest BCUT2D eigenvalue weighted by atomic mass is 35.5. The van der Waals surface area contributed by atoms with Crippen LogP contribution in [-0.2, 0) is 20.9 Å². The predicted octanol–water partition coefficient (Wildman–Crippen LogP) is 7.95. The lowest BCUT2D eigenvalue weighted by atomic mass is 10.0. The van der Waals surface area contributed by atoms with Crippen molar-refractivity contribution in [2.24, 2.45) is 0 Å². The molecule has 0 aliphatic carbocycles. The van der Waals surface area contributed by atoms with Gasteiger partial charge in [0.2, 0.25) is 17.7 Å². The van der Waals surface area contributed by atoms with Crippen molar-refractivity contribution in [2.45, 2.75) is 116 Å². The molecule has 1 aromatic heterocycles. The van der Waals surface area contributed by atoms with E-state index < -0.39 is 29.8 Å². The van der Waals surface area contributed by atoms with Crippen LogP contribution in [0.25, 0.3) is 0 Å². The number of nitrogen functional groups attached to an aromatic ring is 1. The zero-order valence-electron chi connectivity index (χ0n) is 38.3. The molecule has 360 valence electrons. The zero-order chi connectivity index (χ0) is 48.6. The number of piperidine rings is 1. The number of carbonyl (C=O) groups is 6. The van der Waals surface area contributed by atoms with Crippen LogP contribution >= 0.6 is 23.2 Å². The van der Waals surface area contributed by atoms with Gasteiger partial charge in [-0.3, -0.25) is 34.1 Å². The molecule has 4 aromatic rings. The summed E-state index contributed by atoms with van der Waals surface area (Å²) in [6.45, 7) is 7.41. The van der Waals surface area contributed by atoms with Gasteiger partial charge in [0.25, 0.3) is 17.7 Å². The number of ether oxygens (including phenoxy) is 1. The van der Waals surface area contributed by atoms with Crippen LogP contribution in [-0.4, -0.2) is 98.1 Å². The maximum Gasteiger partial charge on any atom is 0.276 e. The monoisotopic (exact) mass is 971 g/mol. The number of hydrogen-bond acceptors (Lipinski definition) is 11. The molecule has 5 N–H and O–H groups in total. The zero-order valence-corrected chi connectivity index (χ0v) is 39.8. The predicted molar refractivity (Wildman–Crippen MR) is 256 cm³/mol. The van der Waals surface area contributed by atoms with E-state index in [1.165, 1.54) is 12.1 Å². The van der Waals surface area contributed by atoms with E-state index in [0.717, 1.165) is 68.8 Å². The first-order valence-electron chi connectivity index (χ1n) is 23.1. The molecule has 3 aliphatic rings. The lowest BCUT2D eigenvalue weighted by molar-refractivity contribution is -0.139. The minimum absolute atomic E-state index is 0.0174. The van der Waals surface area contributed by atoms with Crippen molar-refractivity contribution in [2.75, 3.05) is 36.0 Å². The van der Waals surface area contributed by atoms with Crippen molar-refractivity contribution >= 4 is 75.8 Å². The molecule has 4 heterocycles. The SMILES string of the molecule is C[C@@H]1CN(C(=O)c2ccc(NC(=O)c3cc(O[C@H](C)c4c(Cl)ccc(F)c4Cl)c(N)nn3)cc2)C[C@H](C)N1C(=O)CCCCCCCCCNc1cccc2c1CN(C1CCC(=O)NC1=O)C2=O. The van der Waals surface area contributed by atoms with E-state index in [-0.39, 0.29) is 75.0 Å². The Kier molecular flexibility index (Phi) is 16.2. The van der Waals surface area contributed by atoms with Crippen molar-refractivity contribution in [1.29, 1.82) is 0 Å². The number of halogens is 3. The topological polar surface area (TPSA) is 209 Å². The quantitative estimate of drug-likeness (QED) is 0.0427. The molecule has 1 unspecified atom stereocenters. The van der Waals surface area contributed by atoms with E-state index in [2.05, 4.69) is 26.1 Å². The molecule has 0 bridgehead atoms. The van der Waals surface area contributed by atoms with Gasteiger partial charge < -0.3 is 35.8 Å². The molecule has 16 nitrogen and oxygen atoms in total. The van der Waals surface area contributed by atoms with Crippen molar-refractivity contribution in [3.05, 3.63) is 104 Å². The van der Waals surface area contributed by atoms with Crippen LogP contribution in [0.15, 0.2) is 60.7 Å². The first kappa shape index (κ1) is 49.6. The molecule has 2 fully saturated rings. The Morgan fingerprint density at radius 2 is 1.62 bits per heavy atom. The van der Waals surface area contributed by atoms with E-state index in [1.54, 1.807) is 47.1 Å². The Hall–Kier alpha value is -6.33. The summed E-state index contributed by atoms with van der Waals surface area (Å²) in [5.41, 5.74) is 9.28. The molecule has 4 atom stereocenters. The number of piperazine rings is 1. The molecule has 68 heavy (non-hydrogen) atoms. The maximum atomic E-state index is 14.1. The van der Waals surface area contributed by atoms with E-state index in [4.69, 9.17) is 33.7 Å². The van der Waals surface area contributed by atoms with Crippen molar-refractivity contribution < 1.29 is 37.9 Å². The van der Waals surface area contributed by atoms with Gasteiger partial charge in [-0.25, -0.2) is 4.39 Å². The fraction of sp³-hybridized carbons (Fsp3) is 0.429. The average Bonchev–Trinajstić information content (AvgIpc) is 3.64. The second-order valence-corrected chi connectivity index (χ2v) is 18.4. The number of carbonyl (C=O) groups excluding carboxylic acids is 6. The highest BCUT2D eigenvalue weighted by Crippen LogP contribution is 2.36. The van der Waals surface area contributed by atoms with Gasteiger partial charge in [-0.2, -0.15) is 0 Å². The first-order valence-corrected chi connectivity index (χ1v) is 23.8. The smallest absolute Gasteiger partial charge is 0.276 e. The molecule has 0 saturated carbocycles. The van der Waals surface area contributed by atoms with E-state index >= 15 is 0 Å². The summed E-state index contributed by atoms with van der Waals surface area (Å²) in [5.74, 6) is -2.36. The molecule has 19 heteroatoms. The van der Waals surface area contributed by atoms with Gasteiger partial charge in [0, 0.05) is 95.8 Å². The molecule has 2 saturated heterocycles. The molecule has 0 spiro atoms. The van der Waals surface area contributed by atoms with Crippen molar-refractivity contribution in [3.63, 3.8) is 0 Å². The van der Waals surface area contributed by atoms with E-state index in [1.807, 2.05) is 30.9 Å². The Balaban J connectivity index is 0.786. The van der Waals surface area contributed by atoms with Crippen LogP contribution in [0.1, 0.15) is 133 Å². The third kappa shape index (κ3) is 11.5. The summed E-state index contributed by atoms with van der Waals surface area (Å²) in [4.78, 5) is 82.5. The van der Waals surface area contributed by atoms with Crippen LogP contribution in [0.3, 0.4) is 0 Å². The summed E-state index contributed by atoms with van der Waals surface area (Å²) in [7, 11) is 0. The van der Waals surface area contributed by atoms with Gasteiger partial charge in [-0.05, 0) is 88.6 Å². The number of unbranched alkanes of at least 4 members (excludes halogenated alkanes) is 6. The van der Waals surface area contributed by atoms with Gasteiger partial charge in [0.05, 0.1) is 5.02 Å². The number of anilines is 3. The molecule has 3 aromatic carbocycles. The lowest BCUT2D eigenvalue weighted by Crippen LogP contribution is -2.59. The van der Waals surface area contributed by atoms with E-state index in [9.17, 15) is 33.2 Å². The van der Waals surface area contributed by atoms with Crippen molar-refractivity contribution in [3.8, 4) is 5.75 Å². The van der Waals surface area contributed by atoms with E-state index in [0.29, 0.717) is 49.3 Å². The summed E-state index contributed by atoms with van der Waals surface area (Å²) in [6.07, 6.45) is 7.13. The average molecular weight is 973 g/mol. The molecule has 3 aliphatic heterocycles. The highest BCUT2D eigenvalue weighted by molar-refractivity contribution is 6.36. The van der Waals surface area contributed by atoms with Gasteiger partial charge in [0.1, 0.15) is 18.0 Å². The molecular weight excluding hydrogens is 916 g/mol. The normalized spacial score (nSPS) is 18.5. The van der Waals surface area contributed by atoms with Crippen molar-refractivity contribution in [1.82, 2.24) is 30.2 Å². The third-order valence-electron chi connectivity index (χ3n) is 12.7. The standard InChI is InChI=1S/C49H56Cl2FN9O7/c1-28-25-59(48(66)31-15-17-32(18-16-31)55-46(64)38-24-40(45(53)58-57-38)68-30(3)43-35(50)19-20-36(52)44(43)51)26-29(2)61(28)42(63)14-9-7-5-4-6-8-10-23-54-37-13-11-12-33-34(37)27-60(49(33)67)39-21-22-41(62)56-47(39)65/h11-13,15-20,24,28-30,39,54H,4-10,14,21-23,25-27H2,1-3H3,(H2,53,58)(H,55,64)(H,56,62,65)/t28-,29+,30-,39?/m1/s1. The van der Waals surface area contributed by atoms with Crippen LogP contribution in [0.5, 0.6) is 5.75 Å². The Labute approximate surface area is 404 Å². The fourth-order valence-electron chi connectivity index (χ4n) is 9.20. The number of amides is 6. The summed E-state index contributed by atoms with van der Waals surface area (Å²) < 4.78 is 20.0. The number of fused-ring (bicyclic) bond motifs is 1. The number of hydrogen-bond donors (Lipinski definition) is 4. The minimum atomic E-state index is -0.849. The van der Waals surface area contributed by atoms with Crippen LogP contribution in [0.4, 0.5) is 21.6 Å². The Morgan fingerprint density at radius 1 is 0.926 bits per heavy atom. The number of nitrogens with zero attached hydrogens (tertiary/aromatic N) is 5. The molecular formula is C49H56Cl2FN9O7. The largest absolute Gasteiger partial charge is 0.482 e. The highest BCUT2D eigenvalue weighted by Gasteiger charge is 2.40. The summed E-state index contributed by atoms with van der Waals surface area (Å²) >= 11 is 12.4. The number of nitrogens with two attached hydrogens (primary N) is 1. The lowest BCUT2D eigenvalue weighted by Gasteiger charge is -2.44. The van der Waals surface area contributed by atoms with Crippen LogP contribution < -0.4 is 26.4 Å². The van der Waals surface area contributed by atoms with Gasteiger partial charge >= 0.3 is 0 Å². The summed E-state index contributed by atoms with van der Waals surface area (Å²) in [6, 6.07) is 14.9. The second kappa shape index (κ2) is 22.2. The Morgan fingerprint density at radius 3 is 2.32 bits per heavy atom. The fourth-order valence-corrected chi connectivity index (χ4v) is 9.87. The first-order chi connectivity index (χ1) is 32.6.